The van der Waals surface area contributed by atoms with E-state index in [0.717, 1.165) is 38.5 Å². The molecule has 0 radical (unpaired) electrons. The number of unbranched alkanes of at least 4 members (excludes halogenated alkanes) is 43. The summed E-state index contributed by atoms with van der Waals surface area (Å²) in [7, 11) is 1.28. The van der Waals surface area contributed by atoms with Crippen molar-refractivity contribution in [2.45, 2.75) is 321 Å². The van der Waals surface area contributed by atoms with E-state index < -0.39 is 20.0 Å². The fraction of sp³-hybridized carbons (Fsp3) is 0.949. The number of aliphatic hydroxyl groups excluding tert-OH is 1. The predicted octanol–water partition coefficient (Wildman–Crippen LogP) is 17.6. The van der Waals surface area contributed by atoms with E-state index in [-0.39, 0.29) is 19.1 Å². The molecule has 2 N–H and O–H groups in total. The number of phosphoric ester groups is 1. The third-order valence-electron chi connectivity index (χ3n) is 14.0. The van der Waals surface area contributed by atoms with Gasteiger partial charge in [0.1, 0.15) is 13.2 Å². The van der Waals surface area contributed by atoms with Crippen LogP contribution < -0.4 is 10.2 Å². The van der Waals surface area contributed by atoms with E-state index in [1.54, 1.807) is 6.08 Å². The molecule has 3 unspecified atom stereocenters. The van der Waals surface area contributed by atoms with Crippen molar-refractivity contribution in [1.29, 1.82) is 0 Å². The first kappa shape index (κ1) is 67.2. The number of carbonyl (C=O) groups excluding carboxylic acids is 1. The van der Waals surface area contributed by atoms with E-state index in [2.05, 4.69) is 19.2 Å². The van der Waals surface area contributed by atoms with Crippen molar-refractivity contribution in [2.24, 2.45) is 0 Å². The average molecular weight is 984 g/mol. The van der Waals surface area contributed by atoms with Crippen LogP contribution in [0.3, 0.4) is 0 Å². The summed E-state index contributed by atoms with van der Waals surface area (Å²) in [5, 5.41) is 13.9. The maximum Gasteiger partial charge on any atom is 0.268 e. The first-order chi connectivity index (χ1) is 33.0. The van der Waals surface area contributed by atoms with Crippen molar-refractivity contribution in [2.75, 3.05) is 40.9 Å². The number of phosphoric acid groups is 1. The maximum absolute atomic E-state index is 13.0. The first-order valence-corrected chi connectivity index (χ1v) is 31.5. The Balaban J connectivity index is 4.15. The Morgan fingerprint density at radius 2 is 0.794 bits per heavy atom. The lowest BCUT2D eigenvalue weighted by Gasteiger charge is -2.29. The normalized spacial score (nSPS) is 13.9. The summed E-state index contributed by atoms with van der Waals surface area (Å²) in [6.45, 7) is 4.71. The molecule has 0 saturated heterocycles. The smallest absolute Gasteiger partial charge is 0.268 e. The Kier molecular flexibility index (Phi) is 50.6. The number of allylic oxidation sites excluding steroid dienone is 1. The monoisotopic (exact) mass is 983 g/mol. The van der Waals surface area contributed by atoms with E-state index in [1.807, 2.05) is 27.2 Å². The summed E-state index contributed by atoms with van der Waals surface area (Å²) in [6, 6.07) is -0.882. The van der Waals surface area contributed by atoms with E-state index in [0.29, 0.717) is 17.4 Å². The van der Waals surface area contributed by atoms with Gasteiger partial charge in [0, 0.05) is 6.42 Å². The number of carbonyl (C=O) groups is 1. The molecule has 0 aromatic rings. The second kappa shape index (κ2) is 51.2. The second-order valence-electron chi connectivity index (χ2n) is 22.1. The number of amides is 1. The van der Waals surface area contributed by atoms with Gasteiger partial charge in [-0.1, -0.05) is 296 Å². The van der Waals surface area contributed by atoms with Gasteiger partial charge in [0.05, 0.1) is 39.9 Å². The van der Waals surface area contributed by atoms with Crippen LogP contribution in [0.2, 0.25) is 0 Å². The third kappa shape index (κ3) is 53.0. The molecular weight excluding hydrogens is 864 g/mol. The van der Waals surface area contributed by atoms with Gasteiger partial charge in [-0.15, -0.1) is 0 Å². The lowest BCUT2D eigenvalue weighted by atomic mass is 10.0. The molecule has 68 heavy (non-hydrogen) atoms. The predicted molar refractivity (Wildman–Crippen MR) is 293 cm³/mol. The van der Waals surface area contributed by atoms with Crippen LogP contribution in [-0.4, -0.2) is 68.5 Å². The van der Waals surface area contributed by atoms with Crippen molar-refractivity contribution < 1.29 is 32.9 Å². The van der Waals surface area contributed by atoms with Gasteiger partial charge in [-0.3, -0.25) is 9.36 Å². The Morgan fingerprint density at radius 1 is 0.500 bits per heavy atom. The van der Waals surface area contributed by atoms with Crippen molar-refractivity contribution in [1.82, 2.24) is 5.32 Å². The van der Waals surface area contributed by atoms with Crippen molar-refractivity contribution in [3.63, 3.8) is 0 Å². The molecule has 406 valence electrons. The highest BCUT2D eigenvalue weighted by atomic mass is 31.2. The van der Waals surface area contributed by atoms with Gasteiger partial charge in [0.2, 0.25) is 5.91 Å². The molecule has 3 atom stereocenters. The number of aliphatic hydroxyl groups is 1. The molecule has 0 saturated carbocycles. The van der Waals surface area contributed by atoms with Crippen molar-refractivity contribution >= 4 is 13.7 Å². The van der Waals surface area contributed by atoms with Crippen LogP contribution in [-0.2, 0) is 18.4 Å². The van der Waals surface area contributed by atoms with Crippen LogP contribution in [0.4, 0.5) is 0 Å². The van der Waals surface area contributed by atoms with Crippen LogP contribution in [0.15, 0.2) is 12.2 Å². The summed E-state index contributed by atoms with van der Waals surface area (Å²) in [5.74, 6) is -0.189. The molecule has 0 heterocycles. The third-order valence-corrected chi connectivity index (χ3v) is 15.0. The molecular formula is C59H119N2O6P. The number of rotatable bonds is 56. The lowest BCUT2D eigenvalue weighted by Crippen LogP contribution is -2.45. The number of hydrogen-bond acceptors (Lipinski definition) is 6. The van der Waals surface area contributed by atoms with Gasteiger partial charge in [-0.05, 0) is 19.3 Å². The molecule has 0 aliphatic carbocycles. The van der Waals surface area contributed by atoms with Gasteiger partial charge in [-0.2, -0.15) is 0 Å². The number of likely N-dealkylation sites (N-methyl/N-ethyl adjacent to an activating group) is 1. The summed E-state index contributed by atoms with van der Waals surface area (Å²) in [4.78, 5) is 25.5. The molecule has 0 aliphatic heterocycles. The second-order valence-corrected chi connectivity index (χ2v) is 23.5. The van der Waals surface area contributed by atoms with Crippen LogP contribution in [0.5, 0.6) is 0 Å². The molecule has 9 heteroatoms. The van der Waals surface area contributed by atoms with Crippen molar-refractivity contribution in [3.8, 4) is 0 Å². The number of hydrogen-bond donors (Lipinski definition) is 2. The van der Waals surface area contributed by atoms with E-state index >= 15 is 0 Å². The summed E-state index contributed by atoms with van der Waals surface area (Å²) < 4.78 is 23.4. The van der Waals surface area contributed by atoms with E-state index in [1.165, 1.54) is 250 Å². The fourth-order valence-electron chi connectivity index (χ4n) is 9.27. The summed E-state index contributed by atoms with van der Waals surface area (Å²) in [6.07, 6.45) is 62.9. The summed E-state index contributed by atoms with van der Waals surface area (Å²) in [5.41, 5.74) is 0. The van der Waals surface area contributed by atoms with E-state index in [9.17, 15) is 19.4 Å². The molecule has 0 bridgehead atoms. The first-order valence-electron chi connectivity index (χ1n) is 30.1. The lowest BCUT2D eigenvalue weighted by molar-refractivity contribution is -0.870. The van der Waals surface area contributed by atoms with Gasteiger partial charge in [0.15, 0.2) is 0 Å². The Bertz CT molecular complexity index is 1120. The number of quaternary nitrogens is 1. The minimum atomic E-state index is -4.59. The van der Waals surface area contributed by atoms with E-state index in [4.69, 9.17) is 9.05 Å². The van der Waals surface area contributed by atoms with Gasteiger partial charge >= 0.3 is 0 Å². The van der Waals surface area contributed by atoms with Gasteiger partial charge in [0.25, 0.3) is 7.82 Å². The van der Waals surface area contributed by atoms with Crippen LogP contribution in [0, 0.1) is 0 Å². The Hall–Kier alpha value is -0.760. The summed E-state index contributed by atoms with van der Waals surface area (Å²) >= 11 is 0. The minimum absolute atomic E-state index is 0.00278. The van der Waals surface area contributed by atoms with Crippen LogP contribution in [0.1, 0.15) is 309 Å². The molecule has 0 aliphatic rings. The molecule has 0 fully saturated rings. The highest BCUT2D eigenvalue weighted by molar-refractivity contribution is 7.45. The SMILES string of the molecule is CCCCCCCCCCCCCCCCCCCCCCCCC/C=C/C(O)C(COP(=O)([O-])OCC[N+](C)(C)C)NC(=O)CCCCCCCCCCCCCCCCCCCCCCC. The molecule has 1 amide bonds. The van der Waals surface area contributed by atoms with Crippen LogP contribution in [0.25, 0.3) is 0 Å². The van der Waals surface area contributed by atoms with Crippen molar-refractivity contribution in [3.05, 3.63) is 12.2 Å². The zero-order chi connectivity index (χ0) is 49.9. The topological polar surface area (TPSA) is 108 Å². The molecule has 0 aromatic carbocycles. The largest absolute Gasteiger partial charge is 0.756 e. The highest BCUT2D eigenvalue weighted by Gasteiger charge is 2.23. The number of nitrogens with zero attached hydrogens (tertiary/aromatic N) is 1. The zero-order valence-electron chi connectivity index (χ0n) is 46.3. The van der Waals surface area contributed by atoms with Crippen LogP contribution >= 0.6 is 7.82 Å². The molecule has 0 spiro atoms. The standard InChI is InChI=1S/C59H119N2O6P/c1-6-8-10-12-14-16-18-20-22-24-26-28-29-30-31-33-34-36-38-40-42-44-46-48-50-52-58(62)57(56-67-68(64,65)66-55-54-61(3,4)5)60-59(63)53-51-49-47-45-43-41-39-37-35-32-27-25-23-21-19-17-15-13-11-9-7-2/h50,52,57-58,62H,6-49,51,53-56H2,1-5H3,(H-,60,63,64,65)/b52-50+. The molecule has 0 rings (SSSR count). The molecule has 0 aromatic heterocycles. The van der Waals surface area contributed by atoms with Gasteiger partial charge < -0.3 is 28.8 Å². The highest BCUT2D eigenvalue weighted by Crippen LogP contribution is 2.38. The fourth-order valence-corrected chi connectivity index (χ4v) is 10.00. The Labute approximate surface area is 424 Å². The quantitative estimate of drug-likeness (QED) is 0.0272. The Morgan fingerprint density at radius 3 is 1.10 bits per heavy atom. The minimum Gasteiger partial charge on any atom is -0.756 e. The average Bonchev–Trinajstić information content (AvgIpc) is 3.30. The maximum atomic E-state index is 13.0. The van der Waals surface area contributed by atoms with Gasteiger partial charge in [-0.25, -0.2) is 0 Å². The molecule has 8 nitrogen and oxygen atoms in total. The zero-order valence-corrected chi connectivity index (χ0v) is 47.2. The number of nitrogens with one attached hydrogen (secondary N) is 1.